The van der Waals surface area contributed by atoms with Crippen molar-refractivity contribution in [3.63, 3.8) is 0 Å². The second-order valence-corrected chi connectivity index (χ2v) is 8.92. The van der Waals surface area contributed by atoms with Crippen LogP contribution < -0.4 is 5.73 Å². The minimum absolute atomic E-state index is 0.301. The van der Waals surface area contributed by atoms with E-state index in [2.05, 4.69) is 19.7 Å². The van der Waals surface area contributed by atoms with Gasteiger partial charge in [-0.15, -0.1) is 6.58 Å². The van der Waals surface area contributed by atoms with Gasteiger partial charge in [-0.3, -0.25) is 0 Å². The fraction of sp³-hybridized carbons (Fsp3) is 0.650. The van der Waals surface area contributed by atoms with Crippen molar-refractivity contribution in [1.29, 1.82) is 0 Å². The molecule has 1 unspecified atom stereocenters. The molecule has 0 aliphatic rings. The first-order chi connectivity index (χ1) is 12.8. The van der Waals surface area contributed by atoms with Gasteiger partial charge in [0.15, 0.2) is 0 Å². The van der Waals surface area contributed by atoms with Gasteiger partial charge in [0.05, 0.1) is 6.61 Å². The molecule has 0 aromatic rings. The minimum atomic E-state index is -2.93. The largest absolute Gasteiger partial charge is 0.529 e. The second-order valence-electron chi connectivity index (χ2n) is 6.44. The van der Waals surface area contributed by atoms with Crippen LogP contribution in [0.1, 0.15) is 46.5 Å². The summed E-state index contributed by atoms with van der Waals surface area (Å²) in [6, 6.07) is 0. The number of esters is 1. The van der Waals surface area contributed by atoms with Crippen LogP contribution in [-0.2, 0) is 22.8 Å². The van der Waals surface area contributed by atoms with Gasteiger partial charge in [-0.1, -0.05) is 19.2 Å². The number of hydrogen-bond donors (Lipinski definition) is 1. The highest BCUT2D eigenvalue weighted by Crippen LogP contribution is 2.33. The highest BCUT2D eigenvalue weighted by molar-refractivity contribution is 6.66. The summed E-state index contributed by atoms with van der Waals surface area (Å²) in [5, 5.41) is 0. The van der Waals surface area contributed by atoms with Gasteiger partial charge >= 0.3 is 14.8 Å². The highest BCUT2D eigenvalue weighted by atomic mass is 28.4. The van der Waals surface area contributed by atoms with Crippen molar-refractivity contribution in [2.24, 2.45) is 11.1 Å². The summed E-state index contributed by atoms with van der Waals surface area (Å²) in [6.07, 6.45) is 5.00. The lowest BCUT2D eigenvalue weighted by Gasteiger charge is -2.34. The summed E-state index contributed by atoms with van der Waals surface area (Å²) in [6.45, 7) is 19.1. The van der Waals surface area contributed by atoms with Crippen LogP contribution in [0.15, 0.2) is 37.1 Å². The molecule has 156 valence electrons. The SMILES string of the molecule is C=CC(CCCN)(CCCOC(=O)C(=C)C)CO[Si](C=C)(OCC)OCC. The predicted octanol–water partition coefficient (Wildman–Crippen LogP) is 3.55. The smallest absolute Gasteiger partial charge is 0.462 e. The fourth-order valence-corrected chi connectivity index (χ4v) is 4.54. The molecule has 0 saturated carbocycles. The molecule has 0 rings (SSSR count). The van der Waals surface area contributed by atoms with Crippen molar-refractivity contribution in [2.45, 2.75) is 46.5 Å². The number of carbonyl (C=O) groups excluding carboxylic acids is 1. The lowest BCUT2D eigenvalue weighted by atomic mass is 9.80. The van der Waals surface area contributed by atoms with Gasteiger partial charge in [0.25, 0.3) is 0 Å². The van der Waals surface area contributed by atoms with Crippen molar-refractivity contribution < 1.29 is 22.8 Å². The molecule has 0 aromatic carbocycles. The van der Waals surface area contributed by atoms with Crippen molar-refractivity contribution in [2.75, 3.05) is 33.0 Å². The second kappa shape index (κ2) is 13.8. The third kappa shape index (κ3) is 9.48. The number of rotatable bonds is 17. The Kier molecular flexibility index (Phi) is 13.2. The number of ether oxygens (including phenoxy) is 1. The van der Waals surface area contributed by atoms with Gasteiger partial charge in [0, 0.05) is 30.8 Å². The first-order valence-corrected chi connectivity index (χ1v) is 11.4. The highest BCUT2D eigenvalue weighted by Gasteiger charge is 2.40. The maximum Gasteiger partial charge on any atom is 0.529 e. The summed E-state index contributed by atoms with van der Waals surface area (Å²) < 4.78 is 22.9. The lowest BCUT2D eigenvalue weighted by molar-refractivity contribution is -0.139. The molecule has 0 aliphatic carbocycles. The van der Waals surface area contributed by atoms with Gasteiger partial charge < -0.3 is 23.7 Å². The summed E-state index contributed by atoms with van der Waals surface area (Å²) in [5.41, 5.74) is 7.46. The molecule has 0 heterocycles. The molecule has 0 bridgehead atoms. The van der Waals surface area contributed by atoms with E-state index in [1.54, 1.807) is 12.6 Å². The third-order valence-electron chi connectivity index (χ3n) is 4.21. The van der Waals surface area contributed by atoms with Crippen LogP contribution in [-0.4, -0.2) is 47.7 Å². The van der Waals surface area contributed by atoms with E-state index in [-0.39, 0.29) is 11.4 Å². The number of hydrogen-bond acceptors (Lipinski definition) is 6. The van der Waals surface area contributed by atoms with Gasteiger partial charge in [-0.25, -0.2) is 4.79 Å². The maximum atomic E-state index is 11.5. The Morgan fingerprint density at radius 2 is 1.70 bits per heavy atom. The van der Waals surface area contributed by atoms with Crippen LogP contribution in [0, 0.1) is 5.41 Å². The van der Waals surface area contributed by atoms with Crippen LogP contribution in [0.4, 0.5) is 0 Å². The van der Waals surface area contributed by atoms with Crippen LogP contribution in [0.25, 0.3) is 0 Å². The summed E-state index contributed by atoms with van der Waals surface area (Å²) in [5.74, 6) is -0.372. The van der Waals surface area contributed by atoms with Crippen LogP contribution >= 0.6 is 0 Å². The van der Waals surface area contributed by atoms with E-state index >= 15 is 0 Å². The number of nitrogens with two attached hydrogens (primary N) is 1. The van der Waals surface area contributed by atoms with Crippen LogP contribution in [0.3, 0.4) is 0 Å². The Bertz CT molecular complexity index is 477. The number of carbonyl (C=O) groups is 1. The Hall–Kier alpha value is -1.25. The van der Waals surface area contributed by atoms with Crippen molar-refractivity contribution in [3.8, 4) is 0 Å². The summed E-state index contributed by atoms with van der Waals surface area (Å²) >= 11 is 0. The normalized spacial score (nSPS) is 13.6. The molecule has 0 aromatic heterocycles. The van der Waals surface area contributed by atoms with Crippen molar-refractivity contribution >= 4 is 14.8 Å². The molecule has 1 atom stereocenters. The quantitative estimate of drug-likeness (QED) is 0.132. The summed E-state index contributed by atoms with van der Waals surface area (Å²) in [7, 11) is -2.93. The van der Waals surface area contributed by atoms with Gasteiger partial charge in [0.1, 0.15) is 0 Å². The topological polar surface area (TPSA) is 80.0 Å². The van der Waals surface area contributed by atoms with E-state index in [1.807, 2.05) is 19.9 Å². The Morgan fingerprint density at radius 3 is 2.15 bits per heavy atom. The van der Waals surface area contributed by atoms with Crippen LogP contribution in [0.5, 0.6) is 0 Å². The molecule has 6 nitrogen and oxygen atoms in total. The average Bonchev–Trinajstić information content (AvgIpc) is 2.66. The zero-order chi connectivity index (χ0) is 20.8. The van der Waals surface area contributed by atoms with E-state index in [9.17, 15) is 4.79 Å². The van der Waals surface area contributed by atoms with Gasteiger partial charge in [-0.05, 0) is 58.7 Å². The Balaban J connectivity index is 5.03. The van der Waals surface area contributed by atoms with E-state index in [0.717, 1.165) is 19.3 Å². The standard InChI is InChI=1S/C20H37NO5Si/c1-7-20(13-11-15-21,14-12-16-23-19(22)18(5)6)17-26-27(10-4,24-8-2)25-9-3/h7,10H,1,4-5,8-9,11-17,21H2,2-3,6H3. The third-order valence-corrected chi connectivity index (χ3v) is 6.64. The lowest BCUT2D eigenvalue weighted by Crippen LogP contribution is -2.46. The zero-order valence-corrected chi connectivity index (χ0v) is 18.3. The fourth-order valence-electron chi connectivity index (χ4n) is 2.65. The zero-order valence-electron chi connectivity index (χ0n) is 17.3. The molecule has 0 amide bonds. The van der Waals surface area contributed by atoms with Crippen molar-refractivity contribution in [3.05, 3.63) is 37.1 Å². The molecule has 0 spiro atoms. The van der Waals surface area contributed by atoms with E-state index in [0.29, 0.717) is 45.0 Å². The molecule has 0 saturated heterocycles. The minimum Gasteiger partial charge on any atom is -0.462 e. The Labute approximate surface area is 165 Å². The van der Waals surface area contributed by atoms with E-state index in [1.165, 1.54) is 0 Å². The maximum absolute atomic E-state index is 11.5. The molecule has 0 fully saturated rings. The molecule has 2 N–H and O–H groups in total. The van der Waals surface area contributed by atoms with E-state index in [4.69, 9.17) is 23.7 Å². The molecule has 0 aliphatic heterocycles. The summed E-state index contributed by atoms with van der Waals surface area (Å²) in [4.78, 5) is 11.5. The molecule has 7 heteroatoms. The first-order valence-electron chi connectivity index (χ1n) is 9.56. The molecular weight excluding hydrogens is 362 g/mol. The monoisotopic (exact) mass is 399 g/mol. The first kappa shape index (κ1) is 25.7. The Morgan fingerprint density at radius 1 is 1.11 bits per heavy atom. The van der Waals surface area contributed by atoms with E-state index < -0.39 is 8.80 Å². The average molecular weight is 400 g/mol. The predicted molar refractivity (Wildman–Crippen MR) is 111 cm³/mol. The van der Waals surface area contributed by atoms with Gasteiger partial charge in [-0.2, -0.15) is 0 Å². The molecule has 0 radical (unpaired) electrons. The van der Waals surface area contributed by atoms with Crippen molar-refractivity contribution in [1.82, 2.24) is 0 Å². The van der Waals surface area contributed by atoms with Gasteiger partial charge in [0.2, 0.25) is 0 Å². The molecular formula is C20H37NO5Si. The molecule has 27 heavy (non-hydrogen) atoms. The van der Waals surface area contributed by atoms with Crippen LogP contribution in [0.2, 0.25) is 0 Å².